The second-order valence-electron chi connectivity index (χ2n) is 10.8. The van der Waals surface area contributed by atoms with Crippen molar-refractivity contribution in [1.82, 2.24) is 9.62 Å². The zero-order valence-corrected chi connectivity index (χ0v) is 25.8. The number of benzene rings is 3. The van der Waals surface area contributed by atoms with Crippen LogP contribution < -0.4 is 9.46 Å². The first-order valence-corrected chi connectivity index (χ1v) is 16.5. The maximum atomic E-state index is 13.0. The topological polar surface area (TPSA) is 153 Å². The molecule has 0 spiro atoms. The molecule has 0 unspecified atom stereocenters. The maximum absolute atomic E-state index is 13.0. The molecule has 1 atom stereocenters. The van der Waals surface area contributed by atoms with Gasteiger partial charge in [-0.3, -0.25) is 4.79 Å². The van der Waals surface area contributed by atoms with Crippen LogP contribution in [0.4, 0.5) is 4.79 Å². The van der Waals surface area contributed by atoms with E-state index in [1.807, 2.05) is 18.2 Å². The van der Waals surface area contributed by atoms with Gasteiger partial charge in [0, 0.05) is 17.2 Å². The molecule has 4 rings (SSSR count). The van der Waals surface area contributed by atoms with Gasteiger partial charge in [0.25, 0.3) is 5.91 Å². The second kappa shape index (κ2) is 15.4. The summed E-state index contributed by atoms with van der Waals surface area (Å²) in [5, 5.41) is 29.5. The number of ether oxygens (including phenoxy) is 1. The maximum Gasteiger partial charge on any atom is 0.407 e. The van der Waals surface area contributed by atoms with Crippen molar-refractivity contribution in [2.75, 3.05) is 32.1 Å². The molecule has 0 aliphatic heterocycles. The molecule has 4 N–H and O–H groups in total. The highest BCUT2D eigenvalue weighted by atomic mass is 35.5. The van der Waals surface area contributed by atoms with Gasteiger partial charge in [-0.2, -0.15) is 0 Å². The predicted molar refractivity (Wildman–Crippen MR) is 168 cm³/mol. The lowest BCUT2D eigenvalue weighted by Gasteiger charge is -2.23. The summed E-state index contributed by atoms with van der Waals surface area (Å²) in [6, 6.07) is 19.3. The van der Waals surface area contributed by atoms with Crippen LogP contribution in [0.3, 0.4) is 0 Å². The average Bonchev–Trinajstić information content (AvgIpc) is 3.54. The van der Waals surface area contributed by atoms with E-state index < -0.39 is 28.1 Å². The minimum atomic E-state index is -3.86. The Hall–Kier alpha value is -3.64. The highest BCUT2D eigenvalue weighted by Crippen LogP contribution is 2.38. The third kappa shape index (κ3) is 9.18. The van der Waals surface area contributed by atoms with Gasteiger partial charge in [0.1, 0.15) is 12.4 Å². The number of hydrogen-bond donors (Lipinski definition) is 4. The molecule has 0 bridgehead atoms. The van der Waals surface area contributed by atoms with Gasteiger partial charge < -0.3 is 25.0 Å². The fraction of sp³-hybridized carbons (Fsp3) is 0.375. The quantitative estimate of drug-likeness (QED) is 0.187. The summed E-state index contributed by atoms with van der Waals surface area (Å²) in [5.74, 6) is -0.321. The van der Waals surface area contributed by atoms with E-state index in [0.29, 0.717) is 21.9 Å². The van der Waals surface area contributed by atoms with Gasteiger partial charge in [-0.15, -0.1) is 0 Å². The molecule has 0 radical (unpaired) electrons. The van der Waals surface area contributed by atoms with Crippen LogP contribution in [0.25, 0.3) is 11.1 Å². The third-order valence-corrected chi connectivity index (χ3v) is 9.18. The summed E-state index contributed by atoms with van der Waals surface area (Å²) in [4.78, 5) is 25.8. The van der Waals surface area contributed by atoms with Gasteiger partial charge in [0.05, 0.1) is 24.9 Å². The van der Waals surface area contributed by atoms with Crippen molar-refractivity contribution in [2.45, 2.75) is 44.1 Å². The number of carbonyl (C=O) groups excluding carboxylic acids is 1. The predicted octanol–water partition coefficient (Wildman–Crippen LogP) is 5.20. The van der Waals surface area contributed by atoms with E-state index in [0.717, 1.165) is 47.3 Å². The Kier molecular flexibility index (Phi) is 11.6. The molecular weight excluding hydrogens is 608 g/mol. The number of sulfonamides is 1. The lowest BCUT2D eigenvalue weighted by Crippen LogP contribution is -2.36. The van der Waals surface area contributed by atoms with Crippen molar-refractivity contribution in [2.24, 2.45) is 0 Å². The van der Waals surface area contributed by atoms with Crippen LogP contribution in [0.15, 0.2) is 66.7 Å². The Balaban J connectivity index is 1.41. The molecule has 1 fully saturated rings. The molecule has 1 aliphatic rings. The first-order valence-electron chi connectivity index (χ1n) is 14.5. The van der Waals surface area contributed by atoms with Crippen LogP contribution in [-0.4, -0.2) is 72.7 Å². The Morgan fingerprint density at radius 2 is 1.73 bits per heavy atom. The van der Waals surface area contributed by atoms with Gasteiger partial charge in [0.15, 0.2) is 0 Å². The second-order valence-corrected chi connectivity index (χ2v) is 13.1. The normalized spacial score (nSPS) is 14.2. The van der Waals surface area contributed by atoms with Crippen molar-refractivity contribution in [1.29, 1.82) is 0 Å². The van der Waals surface area contributed by atoms with Crippen LogP contribution in [0.5, 0.6) is 5.75 Å². The molecule has 1 aliphatic carbocycles. The number of nitrogens with zero attached hydrogens (tertiary/aromatic N) is 1. The first kappa shape index (κ1) is 33.3. The zero-order valence-electron chi connectivity index (χ0n) is 24.2. The molecular formula is C32H37ClN2O8S. The van der Waals surface area contributed by atoms with Gasteiger partial charge in [-0.05, 0) is 77.8 Å². The van der Waals surface area contributed by atoms with Crippen molar-refractivity contribution < 1.29 is 38.1 Å². The summed E-state index contributed by atoms with van der Waals surface area (Å²) in [5.41, 5.74) is 3.40. The number of halogens is 1. The fourth-order valence-corrected chi connectivity index (χ4v) is 6.54. The molecule has 0 saturated heterocycles. The number of amides is 2. The Bertz CT molecular complexity index is 1540. The average molecular weight is 645 g/mol. The number of aliphatic hydroxyl groups excluding tert-OH is 2. The van der Waals surface area contributed by atoms with Gasteiger partial charge in [-0.25, -0.2) is 17.9 Å². The largest absolute Gasteiger partial charge is 0.492 e. The van der Waals surface area contributed by atoms with Crippen LogP contribution in [0, 0.1) is 0 Å². The van der Waals surface area contributed by atoms with Crippen LogP contribution in [-0.2, 0) is 10.0 Å². The number of aliphatic hydroxyl groups is 2. The monoisotopic (exact) mass is 644 g/mol. The van der Waals surface area contributed by atoms with E-state index in [-0.39, 0.29) is 44.4 Å². The Morgan fingerprint density at radius 3 is 2.39 bits per heavy atom. The van der Waals surface area contributed by atoms with Gasteiger partial charge >= 0.3 is 6.09 Å². The van der Waals surface area contributed by atoms with Crippen molar-refractivity contribution in [3.05, 3.63) is 88.4 Å². The number of nitrogens with one attached hydrogen (secondary N) is 1. The van der Waals surface area contributed by atoms with Crippen LogP contribution in [0.1, 0.15) is 65.6 Å². The third-order valence-electron chi connectivity index (χ3n) is 7.63. The summed E-state index contributed by atoms with van der Waals surface area (Å²) < 4.78 is 32.5. The van der Waals surface area contributed by atoms with Crippen molar-refractivity contribution in [3.63, 3.8) is 0 Å². The molecule has 10 nitrogen and oxygen atoms in total. The number of rotatable bonds is 14. The molecule has 3 aromatic rings. The molecule has 0 aromatic heterocycles. The minimum Gasteiger partial charge on any atom is -0.492 e. The van der Waals surface area contributed by atoms with E-state index in [1.165, 1.54) is 0 Å². The molecule has 0 heterocycles. The fourth-order valence-electron chi connectivity index (χ4n) is 5.34. The van der Waals surface area contributed by atoms with Gasteiger partial charge in [-0.1, -0.05) is 60.8 Å². The zero-order chi connectivity index (χ0) is 31.7. The lowest BCUT2D eigenvalue weighted by atomic mass is 9.89. The van der Waals surface area contributed by atoms with Gasteiger partial charge in [0.2, 0.25) is 10.0 Å². The Morgan fingerprint density at radius 1 is 1.02 bits per heavy atom. The molecule has 2 amide bonds. The van der Waals surface area contributed by atoms with E-state index >= 15 is 0 Å². The van der Waals surface area contributed by atoms with Crippen molar-refractivity contribution in [3.8, 4) is 16.9 Å². The molecule has 236 valence electrons. The number of carbonyl (C=O) groups is 2. The smallest absolute Gasteiger partial charge is 0.407 e. The van der Waals surface area contributed by atoms with E-state index in [9.17, 15) is 28.2 Å². The van der Waals surface area contributed by atoms with E-state index in [1.54, 1.807) is 48.5 Å². The standard InChI is InChI=1S/C32H37ClN2O8S/c33-26-8-3-7-25(19-26)30(37)21-35(32(39)40)15-17-43-27-12-9-22(10-13-27)24-11-14-28(29(20-24)23-5-1-2-6-23)31(38)34-44(41,42)18-4-16-36/h3,7-14,19-20,23,30,36-37H,1-2,4-6,15-18,21H2,(H,34,38)(H,39,40)/t30-/m0/s1. The first-order chi connectivity index (χ1) is 21.1. The highest BCUT2D eigenvalue weighted by molar-refractivity contribution is 7.90. The lowest BCUT2D eigenvalue weighted by molar-refractivity contribution is 0.0894. The molecule has 12 heteroatoms. The number of hydrogen-bond acceptors (Lipinski definition) is 7. The number of carboxylic acid groups (broad SMARTS) is 1. The highest BCUT2D eigenvalue weighted by Gasteiger charge is 2.25. The SMILES string of the molecule is O=C(NS(=O)(=O)CCCO)c1ccc(-c2ccc(OCCN(C[C@H](O)c3cccc(Cl)c3)C(=O)O)cc2)cc1C1CCCC1. The summed E-state index contributed by atoms with van der Waals surface area (Å²) in [7, 11) is -3.86. The summed E-state index contributed by atoms with van der Waals surface area (Å²) in [6.07, 6.45) is 1.73. The van der Waals surface area contributed by atoms with E-state index in [2.05, 4.69) is 4.72 Å². The Labute approximate surface area is 262 Å². The summed E-state index contributed by atoms with van der Waals surface area (Å²) >= 11 is 5.98. The molecule has 1 saturated carbocycles. The molecule has 44 heavy (non-hydrogen) atoms. The molecule has 3 aromatic carbocycles. The minimum absolute atomic E-state index is 0.0404. The van der Waals surface area contributed by atoms with Crippen molar-refractivity contribution >= 4 is 33.6 Å². The summed E-state index contributed by atoms with van der Waals surface area (Å²) in [6.45, 7) is -0.302. The van der Waals surface area contributed by atoms with Crippen LogP contribution >= 0.6 is 11.6 Å². The van der Waals surface area contributed by atoms with E-state index in [4.69, 9.17) is 21.4 Å². The van der Waals surface area contributed by atoms with Crippen LogP contribution in [0.2, 0.25) is 5.02 Å².